The van der Waals surface area contributed by atoms with Crippen LogP contribution >= 0.6 is 0 Å². The van der Waals surface area contributed by atoms with Gasteiger partial charge in [0.1, 0.15) is 11.3 Å². The molecule has 4 aromatic rings. The molecular formula is C30H31N3O4. The standard InChI is InChI=1S/C30H31N3O4/c1-17-8-10-21(11-9-17)15-31-30(35)29-20(4)28-23(6-5-7-24(28)37-29)32-33-26(34)14-22-16-36-25-13-18(2)12-19(3)27(22)25/h8-13,16H,5-7,14-15H2,1-4H3,(H,31,35)(H,33,34)/b32-23+. The molecule has 0 aliphatic heterocycles. The van der Waals surface area contributed by atoms with Crippen molar-refractivity contribution in [1.29, 1.82) is 0 Å². The number of carbonyl (C=O) groups excluding carboxylic acids is 2. The zero-order valence-electron chi connectivity index (χ0n) is 21.7. The minimum Gasteiger partial charge on any atom is -0.464 e. The highest BCUT2D eigenvalue weighted by Crippen LogP contribution is 2.30. The molecule has 7 heteroatoms. The molecule has 0 fully saturated rings. The Bertz CT molecular complexity index is 1520. The summed E-state index contributed by atoms with van der Waals surface area (Å²) in [6.07, 6.45) is 4.07. The fourth-order valence-corrected chi connectivity index (χ4v) is 5.06. The molecule has 0 bridgehead atoms. The first-order valence-electron chi connectivity index (χ1n) is 12.6. The fourth-order valence-electron chi connectivity index (χ4n) is 5.06. The molecule has 2 heterocycles. The van der Waals surface area contributed by atoms with Gasteiger partial charge in [-0.2, -0.15) is 5.10 Å². The van der Waals surface area contributed by atoms with Gasteiger partial charge in [-0.25, -0.2) is 5.43 Å². The molecule has 190 valence electrons. The third-order valence-corrected chi connectivity index (χ3v) is 6.87. The quantitative estimate of drug-likeness (QED) is 0.340. The number of nitrogens with one attached hydrogen (secondary N) is 2. The highest BCUT2D eigenvalue weighted by atomic mass is 16.4. The first-order chi connectivity index (χ1) is 17.8. The van der Waals surface area contributed by atoms with E-state index < -0.39 is 0 Å². The lowest BCUT2D eigenvalue weighted by Gasteiger charge is -2.13. The van der Waals surface area contributed by atoms with Crippen LogP contribution < -0.4 is 10.7 Å². The Morgan fingerprint density at radius 2 is 1.78 bits per heavy atom. The largest absolute Gasteiger partial charge is 0.464 e. The van der Waals surface area contributed by atoms with Gasteiger partial charge in [0.25, 0.3) is 5.91 Å². The van der Waals surface area contributed by atoms with E-state index in [0.29, 0.717) is 18.7 Å². The average Bonchev–Trinajstić information content (AvgIpc) is 3.43. The molecular weight excluding hydrogens is 466 g/mol. The van der Waals surface area contributed by atoms with E-state index in [0.717, 1.165) is 68.7 Å². The van der Waals surface area contributed by atoms with Crippen molar-refractivity contribution >= 4 is 28.5 Å². The lowest BCUT2D eigenvalue weighted by molar-refractivity contribution is -0.120. The van der Waals surface area contributed by atoms with Crippen LogP contribution in [0.5, 0.6) is 0 Å². The second-order valence-corrected chi connectivity index (χ2v) is 9.86. The monoisotopic (exact) mass is 497 g/mol. The van der Waals surface area contributed by atoms with Crippen molar-refractivity contribution in [2.75, 3.05) is 0 Å². The van der Waals surface area contributed by atoms with Gasteiger partial charge in [0, 0.05) is 35.0 Å². The first kappa shape index (κ1) is 24.6. The minimum atomic E-state index is -0.256. The third-order valence-electron chi connectivity index (χ3n) is 6.87. The van der Waals surface area contributed by atoms with Gasteiger partial charge in [0.15, 0.2) is 5.76 Å². The SMILES string of the molecule is Cc1ccc(CNC(=O)c2oc3c(c2C)/C(=N/NC(=O)Cc2coc4cc(C)cc(C)c24)CCC3)cc1. The molecule has 0 atom stereocenters. The Balaban J connectivity index is 1.29. The van der Waals surface area contributed by atoms with E-state index in [9.17, 15) is 9.59 Å². The van der Waals surface area contributed by atoms with Crippen molar-refractivity contribution < 1.29 is 18.4 Å². The van der Waals surface area contributed by atoms with Gasteiger partial charge in [-0.3, -0.25) is 9.59 Å². The van der Waals surface area contributed by atoms with Gasteiger partial charge < -0.3 is 14.2 Å². The van der Waals surface area contributed by atoms with Crippen molar-refractivity contribution in [3.63, 3.8) is 0 Å². The van der Waals surface area contributed by atoms with Crippen molar-refractivity contribution in [2.24, 2.45) is 5.10 Å². The Hall–Kier alpha value is -4.13. The zero-order chi connectivity index (χ0) is 26.1. The van der Waals surface area contributed by atoms with E-state index in [1.165, 1.54) is 5.56 Å². The zero-order valence-corrected chi connectivity index (χ0v) is 21.7. The number of aryl methyl sites for hydroxylation is 4. The Labute approximate surface area is 215 Å². The van der Waals surface area contributed by atoms with E-state index in [1.807, 2.05) is 58.0 Å². The Morgan fingerprint density at radius 1 is 1.00 bits per heavy atom. The minimum absolute atomic E-state index is 0.164. The van der Waals surface area contributed by atoms with Gasteiger partial charge in [-0.05, 0) is 63.3 Å². The van der Waals surface area contributed by atoms with Crippen molar-refractivity contribution in [2.45, 2.75) is 59.9 Å². The van der Waals surface area contributed by atoms with E-state index in [-0.39, 0.29) is 18.2 Å². The van der Waals surface area contributed by atoms with Gasteiger partial charge >= 0.3 is 0 Å². The molecule has 1 aliphatic carbocycles. The van der Waals surface area contributed by atoms with Gasteiger partial charge in [-0.15, -0.1) is 0 Å². The predicted molar refractivity (Wildman–Crippen MR) is 143 cm³/mol. The van der Waals surface area contributed by atoms with Gasteiger partial charge in [0.05, 0.1) is 18.4 Å². The lowest BCUT2D eigenvalue weighted by Crippen LogP contribution is -2.24. The van der Waals surface area contributed by atoms with Crippen LogP contribution in [0.3, 0.4) is 0 Å². The molecule has 7 nitrogen and oxygen atoms in total. The number of benzene rings is 2. The maximum atomic E-state index is 12.9. The highest BCUT2D eigenvalue weighted by Gasteiger charge is 2.28. The highest BCUT2D eigenvalue weighted by molar-refractivity contribution is 6.06. The summed E-state index contributed by atoms with van der Waals surface area (Å²) in [4.78, 5) is 25.7. The molecule has 2 N–H and O–H groups in total. The third kappa shape index (κ3) is 5.07. The van der Waals surface area contributed by atoms with E-state index in [4.69, 9.17) is 8.83 Å². The van der Waals surface area contributed by atoms with Crippen molar-refractivity contribution in [3.8, 4) is 0 Å². The number of hydrogen-bond acceptors (Lipinski definition) is 5. The van der Waals surface area contributed by atoms with Crippen LogP contribution in [0.25, 0.3) is 11.0 Å². The fraction of sp³-hybridized carbons (Fsp3) is 0.300. The molecule has 0 unspecified atom stereocenters. The number of carbonyl (C=O) groups is 2. The number of amides is 2. The smallest absolute Gasteiger partial charge is 0.287 e. The van der Waals surface area contributed by atoms with Crippen LogP contribution in [-0.4, -0.2) is 17.5 Å². The maximum Gasteiger partial charge on any atom is 0.287 e. The molecule has 1 aliphatic rings. The van der Waals surface area contributed by atoms with E-state index in [2.05, 4.69) is 21.9 Å². The molecule has 5 rings (SSSR count). The van der Waals surface area contributed by atoms with Crippen molar-refractivity contribution in [3.05, 3.63) is 93.1 Å². The van der Waals surface area contributed by atoms with Crippen LogP contribution in [0.2, 0.25) is 0 Å². The molecule has 2 amide bonds. The first-order valence-corrected chi connectivity index (χ1v) is 12.6. The van der Waals surface area contributed by atoms with Crippen LogP contribution in [0.1, 0.15) is 68.1 Å². The second kappa shape index (κ2) is 10.1. The summed E-state index contributed by atoms with van der Waals surface area (Å²) >= 11 is 0. The summed E-state index contributed by atoms with van der Waals surface area (Å²) < 4.78 is 11.7. The Kier molecular flexibility index (Phi) is 6.70. The molecule has 2 aromatic heterocycles. The normalized spacial score (nSPS) is 14.1. The lowest BCUT2D eigenvalue weighted by atomic mass is 9.93. The molecule has 0 saturated heterocycles. The summed E-state index contributed by atoms with van der Waals surface area (Å²) in [6.45, 7) is 8.36. The van der Waals surface area contributed by atoms with Gasteiger partial charge in [-0.1, -0.05) is 35.9 Å². The molecule has 0 radical (unpaired) electrons. The number of hydrazone groups is 1. The second-order valence-electron chi connectivity index (χ2n) is 9.86. The summed E-state index contributed by atoms with van der Waals surface area (Å²) in [7, 11) is 0. The molecule has 37 heavy (non-hydrogen) atoms. The van der Waals surface area contributed by atoms with Gasteiger partial charge in [0.2, 0.25) is 5.91 Å². The number of furan rings is 2. The van der Waals surface area contributed by atoms with E-state index in [1.54, 1.807) is 6.26 Å². The predicted octanol–water partition coefficient (Wildman–Crippen LogP) is 5.59. The van der Waals surface area contributed by atoms with Crippen LogP contribution in [0.15, 0.2) is 56.6 Å². The topological polar surface area (TPSA) is 96.8 Å². The average molecular weight is 498 g/mol. The number of nitrogens with zero attached hydrogens (tertiary/aromatic N) is 1. The molecule has 0 spiro atoms. The van der Waals surface area contributed by atoms with Crippen LogP contribution in [0.4, 0.5) is 0 Å². The van der Waals surface area contributed by atoms with Crippen molar-refractivity contribution in [1.82, 2.24) is 10.7 Å². The van der Waals surface area contributed by atoms with E-state index >= 15 is 0 Å². The number of rotatable bonds is 6. The number of fused-ring (bicyclic) bond motifs is 2. The Morgan fingerprint density at radius 3 is 2.57 bits per heavy atom. The van der Waals surface area contributed by atoms with Crippen LogP contribution in [-0.2, 0) is 24.2 Å². The molecule has 2 aromatic carbocycles. The summed E-state index contributed by atoms with van der Waals surface area (Å²) in [5, 5.41) is 8.37. The molecule has 0 saturated carbocycles. The van der Waals surface area contributed by atoms with Crippen LogP contribution in [0, 0.1) is 27.7 Å². The summed E-state index contributed by atoms with van der Waals surface area (Å²) in [5.41, 5.74) is 11.0. The summed E-state index contributed by atoms with van der Waals surface area (Å²) in [6, 6.07) is 12.1. The number of hydrogen-bond donors (Lipinski definition) is 2. The summed E-state index contributed by atoms with van der Waals surface area (Å²) in [5.74, 6) is 0.561. The maximum absolute atomic E-state index is 12.9.